The highest BCUT2D eigenvalue weighted by Gasteiger charge is 2.12. The summed E-state index contributed by atoms with van der Waals surface area (Å²) in [5.41, 5.74) is 0.199. The summed E-state index contributed by atoms with van der Waals surface area (Å²) in [7, 11) is 0. The number of hydrogen-bond donors (Lipinski definition) is 2. The first-order valence-electron chi connectivity index (χ1n) is 3.74. The molecule has 0 aliphatic carbocycles. The topological polar surface area (TPSA) is 70.7 Å². The van der Waals surface area contributed by atoms with E-state index in [9.17, 15) is 4.79 Å². The van der Waals surface area contributed by atoms with Gasteiger partial charge in [-0.05, 0) is 6.07 Å². The molecule has 4 nitrogen and oxygen atoms in total. The maximum absolute atomic E-state index is 10.6. The summed E-state index contributed by atoms with van der Waals surface area (Å²) in [6.45, 7) is 0.0911. The van der Waals surface area contributed by atoms with Gasteiger partial charge >= 0.3 is 5.97 Å². The number of thioether (sulfide) groups is 1. The molecular formula is C8H10O4S. The van der Waals surface area contributed by atoms with E-state index in [1.54, 1.807) is 0 Å². The Bertz CT molecular complexity index is 281. The quantitative estimate of drug-likeness (QED) is 0.702. The Morgan fingerprint density at radius 1 is 1.62 bits per heavy atom. The molecule has 72 valence electrons. The van der Waals surface area contributed by atoms with E-state index in [2.05, 4.69) is 0 Å². The van der Waals surface area contributed by atoms with Crippen molar-refractivity contribution in [1.29, 1.82) is 0 Å². The van der Waals surface area contributed by atoms with Crippen LogP contribution in [0.5, 0.6) is 0 Å². The number of aliphatic hydroxyl groups excluding tert-OH is 1. The van der Waals surface area contributed by atoms with Crippen LogP contribution in [0.25, 0.3) is 0 Å². The lowest BCUT2D eigenvalue weighted by Crippen LogP contribution is -1.98. The minimum Gasteiger partial charge on any atom is -0.478 e. The Labute approximate surface area is 79.6 Å². The van der Waals surface area contributed by atoms with Crippen LogP contribution in [0, 0.1) is 0 Å². The maximum Gasteiger partial charge on any atom is 0.339 e. The summed E-state index contributed by atoms with van der Waals surface area (Å²) in [5, 5.41) is 17.2. The van der Waals surface area contributed by atoms with Crippen LogP contribution in [0.1, 0.15) is 16.1 Å². The van der Waals surface area contributed by atoms with Gasteiger partial charge in [-0.25, -0.2) is 4.79 Å². The highest BCUT2D eigenvalue weighted by Crippen LogP contribution is 2.17. The SMILES string of the molecule is O=C(O)c1ccoc1CSCCO. The number of carbonyl (C=O) groups is 1. The minimum absolute atomic E-state index is 0.0911. The molecule has 1 aromatic rings. The predicted molar refractivity (Wildman–Crippen MR) is 48.9 cm³/mol. The third-order valence-electron chi connectivity index (χ3n) is 1.44. The molecule has 1 rings (SSSR count). The van der Waals surface area contributed by atoms with E-state index in [-0.39, 0.29) is 12.2 Å². The van der Waals surface area contributed by atoms with E-state index < -0.39 is 5.97 Å². The molecule has 0 unspecified atom stereocenters. The molecule has 1 heterocycles. The van der Waals surface area contributed by atoms with Crippen LogP contribution in [-0.2, 0) is 5.75 Å². The third kappa shape index (κ3) is 2.78. The van der Waals surface area contributed by atoms with Gasteiger partial charge in [-0.2, -0.15) is 11.8 Å². The zero-order chi connectivity index (χ0) is 9.68. The van der Waals surface area contributed by atoms with E-state index in [0.29, 0.717) is 17.3 Å². The lowest BCUT2D eigenvalue weighted by atomic mass is 10.3. The zero-order valence-electron chi connectivity index (χ0n) is 6.90. The fraction of sp³-hybridized carbons (Fsp3) is 0.375. The van der Waals surface area contributed by atoms with Gasteiger partial charge in [-0.3, -0.25) is 0 Å². The van der Waals surface area contributed by atoms with E-state index >= 15 is 0 Å². The average Bonchev–Trinajstić information content (AvgIpc) is 2.53. The summed E-state index contributed by atoms with van der Waals surface area (Å²) in [5.74, 6) is 0.536. The summed E-state index contributed by atoms with van der Waals surface area (Å²) in [6, 6.07) is 1.43. The van der Waals surface area contributed by atoms with Crippen LogP contribution in [0.15, 0.2) is 16.7 Å². The number of aliphatic hydroxyl groups is 1. The summed E-state index contributed by atoms with van der Waals surface area (Å²) in [4.78, 5) is 10.6. The first-order valence-corrected chi connectivity index (χ1v) is 4.89. The van der Waals surface area contributed by atoms with Crippen molar-refractivity contribution >= 4 is 17.7 Å². The van der Waals surface area contributed by atoms with Crippen LogP contribution in [0.2, 0.25) is 0 Å². The van der Waals surface area contributed by atoms with Crippen molar-refractivity contribution in [2.24, 2.45) is 0 Å². The Morgan fingerprint density at radius 3 is 3.00 bits per heavy atom. The predicted octanol–water partition coefficient (Wildman–Crippen LogP) is 1.20. The molecule has 0 radical (unpaired) electrons. The molecule has 0 atom stereocenters. The van der Waals surface area contributed by atoms with Gasteiger partial charge in [0.1, 0.15) is 11.3 Å². The van der Waals surface area contributed by atoms with Crippen molar-refractivity contribution in [2.75, 3.05) is 12.4 Å². The monoisotopic (exact) mass is 202 g/mol. The molecule has 0 aromatic carbocycles. The number of rotatable bonds is 5. The van der Waals surface area contributed by atoms with Gasteiger partial charge in [0.15, 0.2) is 0 Å². The second-order valence-electron chi connectivity index (χ2n) is 2.34. The van der Waals surface area contributed by atoms with Gasteiger partial charge in [0.25, 0.3) is 0 Å². The second-order valence-corrected chi connectivity index (χ2v) is 3.44. The van der Waals surface area contributed by atoms with E-state index in [1.807, 2.05) is 0 Å². The Balaban J connectivity index is 2.55. The van der Waals surface area contributed by atoms with Crippen molar-refractivity contribution in [3.63, 3.8) is 0 Å². The van der Waals surface area contributed by atoms with Gasteiger partial charge in [-0.15, -0.1) is 0 Å². The van der Waals surface area contributed by atoms with Crippen molar-refractivity contribution < 1.29 is 19.4 Å². The third-order valence-corrected chi connectivity index (χ3v) is 2.38. The lowest BCUT2D eigenvalue weighted by Gasteiger charge is -1.97. The van der Waals surface area contributed by atoms with Crippen LogP contribution < -0.4 is 0 Å². The average molecular weight is 202 g/mol. The van der Waals surface area contributed by atoms with Gasteiger partial charge < -0.3 is 14.6 Å². The molecule has 1 aromatic heterocycles. The molecule has 0 fully saturated rings. The van der Waals surface area contributed by atoms with Crippen molar-refractivity contribution in [1.82, 2.24) is 0 Å². The highest BCUT2D eigenvalue weighted by molar-refractivity contribution is 7.98. The number of carboxylic acid groups (broad SMARTS) is 1. The fourth-order valence-corrected chi connectivity index (χ4v) is 1.55. The van der Waals surface area contributed by atoms with Gasteiger partial charge in [0.05, 0.1) is 18.6 Å². The minimum atomic E-state index is -0.978. The van der Waals surface area contributed by atoms with Crippen molar-refractivity contribution in [3.05, 3.63) is 23.7 Å². The molecule has 5 heteroatoms. The van der Waals surface area contributed by atoms with Gasteiger partial charge in [0.2, 0.25) is 0 Å². The molecule has 0 saturated carbocycles. The van der Waals surface area contributed by atoms with Gasteiger partial charge in [-0.1, -0.05) is 0 Å². The second kappa shape index (κ2) is 4.94. The van der Waals surface area contributed by atoms with E-state index in [1.165, 1.54) is 24.1 Å². The molecule has 13 heavy (non-hydrogen) atoms. The summed E-state index contributed by atoms with van der Waals surface area (Å²) < 4.78 is 4.99. The van der Waals surface area contributed by atoms with Crippen molar-refractivity contribution in [2.45, 2.75) is 5.75 Å². The van der Waals surface area contributed by atoms with E-state index in [0.717, 1.165) is 0 Å². The molecule has 2 N–H and O–H groups in total. The first-order chi connectivity index (χ1) is 6.25. The first kappa shape index (κ1) is 10.1. The molecule has 0 aliphatic heterocycles. The zero-order valence-corrected chi connectivity index (χ0v) is 7.71. The van der Waals surface area contributed by atoms with Crippen LogP contribution in [0.4, 0.5) is 0 Å². The number of aromatic carboxylic acids is 1. The largest absolute Gasteiger partial charge is 0.478 e. The van der Waals surface area contributed by atoms with Crippen LogP contribution in [-0.4, -0.2) is 28.5 Å². The van der Waals surface area contributed by atoms with Gasteiger partial charge in [0, 0.05) is 5.75 Å². The molecule has 0 bridgehead atoms. The maximum atomic E-state index is 10.6. The summed E-state index contributed by atoms with van der Waals surface area (Å²) >= 11 is 1.44. The highest BCUT2D eigenvalue weighted by atomic mass is 32.2. The molecule has 0 amide bonds. The normalized spacial score (nSPS) is 10.2. The number of furan rings is 1. The molecule has 0 spiro atoms. The number of carboxylic acids is 1. The van der Waals surface area contributed by atoms with E-state index in [4.69, 9.17) is 14.6 Å². The smallest absolute Gasteiger partial charge is 0.339 e. The Morgan fingerprint density at radius 2 is 2.38 bits per heavy atom. The Hall–Kier alpha value is -0.940. The molecular weight excluding hydrogens is 192 g/mol. The standard InChI is InChI=1S/C8H10O4S/c9-2-4-13-5-7-6(8(10)11)1-3-12-7/h1,3,9H,2,4-5H2,(H,10,11). The van der Waals surface area contributed by atoms with Crippen molar-refractivity contribution in [3.8, 4) is 0 Å². The lowest BCUT2D eigenvalue weighted by molar-refractivity contribution is 0.0695. The van der Waals surface area contributed by atoms with Crippen LogP contribution >= 0.6 is 11.8 Å². The Kier molecular flexibility index (Phi) is 3.85. The molecule has 0 saturated heterocycles. The fourth-order valence-electron chi connectivity index (χ4n) is 0.872. The van der Waals surface area contributed by atoms with Crippen LogP contribution in [0.3, 0.4) is 0 Å². The summed E-state index contributed by atoms with van der Waals surface area (Å²) in [6.07, 6.45) is 1.36. The number of hydrogen-bond acceptors (Lipinski definition) is 4. The molecule has 0 aliphatic rings.